The normalized spacial score (nSPS) is 17.7. The molecule has 3 aromatic rings. The number of morpholine rings is 1. The lowest BCUT2D eigenvalue weighted by Gasteiger charge is -2.28. The van der Waals surface area contributed by atoms with E-state index in [0.717, 1.165) is 33.6 Å². The number of aromatic nitrogens is 1. The third kappa shape index (κ3) is 5.03. The second-order valence-electron chi connectivity index (χ2n) is 9.76. The third-order valence-corrected chi connectivity index (χ3v) is 8.53. The minimum atomic E-state index is -0.427. The Hall–Kier alpha value is -4.00. The van der Waals surface area contributed by atoms with Crippen molar-refractivity contribution in [3.05, 3.63) is 79.0 Å². The maximum atomic E-state index is 13.3. The van der Waals surface area contributed by atoms with E-state index in [1.165, 1.54) is 0 Å². The number of carbonyl (C=O) groups is 2. The zero-order valence-electron chi connectivity index (χ0n) is 22.2. The molecule has 212 valence electrons. The zero-order valence-corrected chi connectivity index (χ0v) is 23.8. The number of anilines is 1. The highest BCUT2D eigenvalue weighted by Gasteiger charge is 2.36. The van der Waals surface area contributed by atoms with Crippen molar-refractivity contribution in [2.75, 3.05) is 38.0 Å². The standard InChI is InChI=1S/C28H25ClN4O7S/c1-16-9-18(17(2)32(16)20-3-4-22(23(12-20)33(36)37)30-5-7-38-8-6-30)11-26-27(34)31(28(35)41-26)14-19-10-24-25(13-21(19)29)40-15-39-24/h3-4,9-13H,5-8,14-15H2,1-2H3/b26-11-. The van der Waals surface area contributed by atoms with Gasteiger partial charge in [0.2, 0.25) is 6.79 Å². The molecule has 0 bridgehead atoms. The molecular formula is C28H25ClN4O7S. The highest BCUT2D eigenvalue weighted by molar-refractivity contribution is 8.18. The van der Waals surface area contributed by atoms with Crippen LogP contribution in [-0.2, 0) is 16.1 Å². The quantitative estimate of drug-likeness (QED) is 0.208. The minimum absolute atomic E-state index is 0.00430. The number of rotatable bonds is 6. The number of nitro benzene ring substituents is 1. The Labute approximate surface area is 244 Å². The summed E-state index contributed by atoms with van der Waals surface area (Å²) in [7, 11) is 0. The van der Waals surface area contributed by atoms with Gasteiger partial charge >= 0.3 is 0 Å². The van der Waals surface area contributed by atoms with Crippen LogP contribution in [0.2, 0.25) is 5.02 Å². The van der Waals surface area contributed by atoms with E-state index in [9.17, 15) is 19.7 Å². The van der Waals surface area contributed by atoms with E-state index in [2.05, 4.69) is 0 Å². The number of imide groups is 1. The Balaban J connectivity index is 1.28. The lowest BCUT2D eigenvalue weighted by atomic mass is 10.1. The van der Waals surface area contributed by atoms with Gasteiger partial charge in [-0.25, -0.2) is 0 Å². The molecule has 0 radical (unpaired) electrons. The lowest BCUT2D eigenvalue weighted by Crippen LogP contribution is -2.36. The Morgan fingerprint density at radius 2 is 1.80 bits per heavy atom. The van der Waals surface area contributed by atoms with Gasteiger partial charge in [-0.05, 0) is 67.1 Å². The lowest BCUT2D eigenvalue weighted by molar-refractivity contribution is -0.384. The summed E-state index contributed by atoms with van der Waals surface area (Å²) in [6.07, 6.45) is 1.68. The van der Waals surface area contributed by atoms with Crippen LogP contribution < -0.4 is 14.4 Å². The van der Waals surface area contributed by atoms with Crippen molar-refractivity contribution in [2.45, 2.75) is 20.4 Å². The highest BCUT2D eigenvalue weighted by Crippen LogP contribution is 2.40. The van der Waals surface area contributed by atoms with E-state index in [0.29, 0.717) is 59.8 Å². The van der Waals surface area contributed by atoms with Gasteiger partial charge in [0, 0.05) is 41.6 Å². The number of benzene rings is 2. The second kappa shape index (κ2) is 10.8. The Bertz CT molecular complexity index is 1630. The molecule has 0 unspecified atom stereocenters. The molecule has 11 nitrogen and oxygen atoms in total. The summed E-state index contributed by atoms with van der Waals surface area (Å²) in [5.41, 5.74) is 4.11. The van der Waals surface area contributed by atoms with Crippen LogP contribution >= 0.6 is 23.4 Å². The number of nitrogens with zero attached hydrogens (tertiary/aromatic N) is 4. The van der Waals surface area contributed by atoms with Crippen LogP contribution in [0.15, 0.2) is 41.3 Å². The van der Waals surface area contributed by atoms with E-state index in [1.807, 2.05) is 35.4 Å². The fourth-order valence-electron chi connectivity index (χ4n) is 5.23. The number of fused-ring (bicyclic) bond motifs is 1. The number of thioether (sulfide) groups is 1. The van der Waals surface area contributed by atoms with Crippen molar-refractivity contribution in [2.24, 2.45) is 0 Å². The Morgan fingerprint density at radius 1 is 1.07 bits per heavy atom. The predicted molar refractivity (Wildman–Crippen MR) is 154 cm³/mol. The van der Waals surface area contributed by atoms with Crippen LogP contribution in [0.4, 0.5) is 16.2 Å². The Kier molecular flexibility index (Phi) is 7.14. The SMILES string of the molecule is Cc1cc(/C=C2\SC(=O)N(Cc3cc4c(cc3Cl)OCO4)C2=O)c(C)n1-c1ccc(N2CCOCC2)c([N+](=O)[O-])c1. The first-order chi connectivity index (χ1) is 19.7. The van der Waals surface area contributed by atoms with E-state index < -0.39 is 11.1 Å². The van der Waals surface area contributed by atoms with Gasteiger partial charge in [-0.15, -0.1) is 0 Å². The topological polar surface area (TPSA) is 116 Å². The molecule has 2 saturated heterocycles. The molecule has 0 saturated carbocycles. The molecule has 0 N–H and O–H groups in total. The smallest absolute Gasteiger partial charge is 0.294 e. The number of nitro groups is 1. The molecular weight excluding hydrogens is 572 g/mol. The van der Waals surface area contributed by atoms with Gasteiger partial charge in [0.1, 0.15) is 5.69 Å². The van der Waals surface area contributed by atoms with Crippen molar-refractivity contribution < 1.29 is 28.7 Å². The molecule has 1 aromatic heterocycles. The van der Waals surface area contributed by atoms with Crippen molar-refractivity contribution in [3.8, 4) is 17.2 Å². The monoisotopic (exact) mass is 596 g/mol. The number of hydrogen-bond donors (Lipinski definition) is 0. The molecule has 13 heteroatoms. The summed E-state index contributed by atoms with van der Waals surface area (Å²) in [6, 6.07) is 10.4. The van der Waals surface area contributed by atoms with E-state index >= 15 is 0 Å². The largest absolute Gasteiger partial charge is 0.454 e. The zero-order chi connectivity index (χ0) is 28.8. The molecule has 6 rings (SSSR count). The highest BCUT2D eigenvalue weighted by atomic mass is 35.5. The maximum Gasteiger partial charge on any atom is 0.294 e. The molecule has 3 aliphatic heterocycles. The number of carbonyl (C=O) groups excluding carboxylic acids is 2. The van der Waals surface area contributed by atoms with Crippen molar-refractivity contribution >= 4 is 52.0 Å². The van der Waals surface area contributed by atoms with Crippen molar-refractivity contribution in [1.82, 2.24) is 9.47 Å². The summed E-state index contributed by atoms with van der Waals surface area (Å²) in [5.74, 6) is 0.603. The van der Waals surface area contributed by atoms with Gasteiger partial charge in [0.05, 0.1) is 35.3 Å². The number of aryl methyl sites for hydroxylation is 1. The van der Waals surface area contributed by atoms with Crippen LogP contribution in [-0.4, -0.2) is 58.6 Å². The van der Waals surface area contributed by atoms with Gasteiger partial charge in [0.15, 0.2) is 11.5 Å². The molecule has 4 heterocycles. The molecule has 3 aliphatic rings. The first-order valence-electron chi connectivity index (χ1n) is 12.8. The molecule has 0 aliphatic carbocycles. The number of ether oxygens (including phenoxy) is 3. The van der Waals surface area contributed by atoms with Crippen LogP contribution in [0.5, 0.6) is 11.5 Å². The summed E-state index contributed by atoms with van der Waals surface area (Å²) in [5, 5.41) is 12.0. The van der Waals surface area contributed by atoms with Crippen molar-refractivity contribution in [3.63, 3.8) is 0 Å². The summed E-state index contributed by atoms with van der Waals surface area (Å²) >= 11 is 7.23. The molecule has 2 aromatic carbocycles. The summed E-state index contributed by atoms with van der Waals surface area (Å²) in [6.45, 7) is 6.05. The molecule has 0 atom stereocenters. The van der Waals surface area contributed by atoms with Gasteiger partial charge in [-0.3, -0.25) is 24.6 Å². The number of hydrogen-bond acceptors (Lipinski definition) is 9. The molecule has 41 heavy (non-hydrogen) atoms. The van der Waals surface area contributed by atoms with E-state index in [4.69, 9.17) is 25.8 Å². The molecule has 2 fully saturated rings. The molecule has 2 amide bonds. The average molecular weight is 597 g/mol. The number of amides is 2. The van der Waals surface area contributed by atoms with Gasteiger partial charge in [-0.2, -0.15) is 0 Å². The predicted octanol–water partition coefficient (Wildman–Crippen LogP) is 5.46. The Morgan fingerprint density at radius 3 is 2.54 bits per heavy atom. The van der Waals surface area contributed by atoms with E-state index in [-0.39, 0.29) is 28.9 Å². The first-order valence-corrected chi connectivity index (χ1v) is 14.0. The first kappa shape index (κ1) is 27.2. The fourth-order valence-corrected chi connectivity index (χ4v) is 6.27. The van der Waals surface area contributed by atoms with E-state index in [1.54, 1.807) is 30.3 Å². The summed E-state index contributed by atoms with van der Waals surface area (Å²) in [4.78, 5) is 41.1. The van der Waals surface area contributed by atoms with Crippen molar-refractivity contribution in [1.29, 1.82) is 0 Å². The maximum absolute atomic E-state index is 13.3. The average Bonchev–Trinajstić information content (AvgIpc) is 3.60. The van der Waals surface area contributed by atoms with Gasteiger partial charge < -0.3 is 23.7 Å². The van der Waals surface area contributed by atoms with Crippen LogP contribution in [0, 0.1) is 24.0 Å². The van der Waals surface area contributed by atoms with Crippen LogP contribution in [0.1, 0.15) is 22.5 Å². The number of halogens is 1. The van der Waals surface area contributed by atoms with Gasteiger partial charge in [-0.1, -0.05) is 11.6 Å². The fraction of sp³-hybridized carbons (Fsp3) is 0.286. The minimum Gasteiger partial charge on any atom is -0.454 e. The second-order valence-corrected chi connectivity index (χ2v) is 11.2. The van der Waals surface area contributed by atoms with Crippen LogP contribution in [0.25, 0.3) is 11.8 Å². The molecule has 0 spiro atoms. The summed E-state index contributed by atoms with van der Waals surface area (Å²) < 4.78 is 18.0. The third-order valence-electron chi connectivity index (χ3n) is 7.27. The van der Waals surface area contributed by atoms with Crippen LogP contribution in [0.3, 0.4) is 0 Å². The van der Waals surface area contributed by atoms with Gasteiger partial charge in [0.25, 0.3) is 16.8 Å².